The summed E-state index contributed by atoms with van der Waals surface area (Å²) in [5, 5.41) is 2.98. The number of hydrogen-bond acceptors (Lipinski definition) is 3. The lowest BCUT2D eigenvalue weighted by atomic mass is 10.1. The van der Waals surface area contributed by atoms with Gasteiger partial charge in [-0.3, -0.25) is 4.79 Å². The first-order valence-electron chi connectivity index (χ1n) is 5.49. The van der Waals surface area contributed by atoms with Crippen molar-refractivity contribution in [2.45, 2.75) is 30.4 Å². The van der Waals surface area contributed by atoms with Gasteiger partial charge in [0.05, 0.1) is 17.7 Å². The molecule has 17 heavy (non-hydrogen) atoms. The van der Waals surface area contributed by atoms with Crippen molar-refractivity contribution in [1.29, 1.82) is 0 Å². The second-order valence-electron chi connectivity index (χ2n) is 4.11. The van der Waals surface area contributed by atoms with Gasteiger partial charge >= 0.3 is 0 Å². The van der Waals surface area contributed by atoms with E-state index < -0.39 is 0 Å². The molecule has 2 unspecified atom stereocenters. The fourth-order valence-corrected chi connectivity index (χ4v) is 2.72. The highest BCUT2D eigenvalue weighted by Gasteiger charge is 2.26. The van der Waals surface area contributed by atoms with E-state index in [9.17, 15) is 4.79 Å². The molecule has 1 aliphatic rings. The van der Waals surface area contributed by atoms with Gasteiger partial charge in [-0.1, -0.05) is 15.9 Å². The molecule has 1 amide bonds. The van der Waals surface area contributed by atoms with Crippen LogP contribution in [0.2, 0.25) is 0 Å². The molecule has 1 N–H and O–H groups in total. The molecule has 0 bridgehead atoms. The Balaban J connectivity index is 2.09. The minimum Gasteiger partial charge on any atom is -0.376 e. The molecule has 5 heteroatoms. The molecule has 3 nitrogen and oxygen atoms in total. The second-order valence-corrected chi connectivity index (χ2v) is 5.50. The third-order valence-corrected chi connectivity index (χ3v) is 3.76. The zero-order valence-electron chi connectivity index (χ0n) is 9.44. The van der Waals surface area contributed by atoms with Crippen molar-refractivity contribution < 1.29 is 9.53 Å². The van der Waals surface area contributed by atoms with Crippen molar-refractivity contribution in [3.05, 3.63) is 28.2 Å². The summed E-state index contributed by atoms with van der Waals surface area (Å²) in [4.78, 5) is 12.7. The molecule has 0 aliphatic carbocycles. The molecule has 0 aromatic heterocycles. The van der Waals surface area contributed by atoms with Gasteiger partial charge in [-0.2, -0.15) is 0 Å². The molecular weight excluding hydrogens is 302 g/mol. The standard InChI is InChI=1S/C12H14BrNO2S/c1-7-10(4-5-16-7)14-12(15)9-3-2-8(13)6-11(9)17/h2-3,6-7,10,17H,4-5H2,1H3,(H,14,15). The van der Waals surface area contributed by atoms with Crippen LogP contribution in [0.3, 0.4) is 0 Å². The van der Waals surface area contributed by atoms with E-state index in [0.717, 1.165) is 10.9 Å². The molecule has 1 heterocycles. The highest BCUT2D eigenvalue weighted by atomic mass is 79.9. The van der Waals surface area contributed by atoms with Crippen molar-refractivity contribution >= 4 is 34.5 Å². The Kier molecular flexibility index (Phi) is 4.12. The zero-order chi connectivity index (χ0) is 12.4. The van der Waals surface area contributed by atoms with Crippen LogP contribution in [-0.2, 0) is 4.74 Å². The number of thiol groups is 1. The average molecular weight is 316 g/mol. The first-order valence-corrected chi connectivity index (χ1v) is 6.73. The summed E-state index contributed by atoms with van der Waals surface area (Å²) in [7, 11) is 0. The average Bonchev–Trinajstić information content (AvgIpc) is 2.64. The number of halogens is 1. The Morgan fingerprint density at radius 3 is 2.94 bits per heavy atom. The predicted octanol–water partition coefficient (Wildman–Crippen LogP) is 2.65. The first kappa shape index (κ1) is 12.9. The van der Waals surface area contributed by atoms with E-state index in [0.29, 0.717) is 17.1 Å². The van der Waals surface area contributed by atoms with Crippen LogP contribution >= 0.6 is 28.6 Å². The van der Waals surface area contributed by atoms with Crippen molar-refractivity contribution in [3.8, 4) is 0 Å². The normalized spacial score (nSPS) is 23.7. The highest BCUT2D eigenvalue weighted by Crippen LogP contribution is 2.21. The van der Waals surface area contributed by atoms with Gasteiger partial charge in [0.2, 0.25) is 0 Å². The van der Waals surface area contributed by atoms with Gasteiger partial charge in [-0.25, -0.2) is 0 Å². The van der Waals surface area contributed by atoms with E-state index in [-0.39, 0.29) is 18.1 Å². The monoisotopic (exact) mass is 315 g/mol. The molecule has 1 aromatic rings. The van der Waals surface area contributed by atoms with E-state index in [1.165, 1.54) is 0 Å². The Hall–Kier alpha value is -0.520. The molecule has 0 saturated carbocycles. The lowest BCUT2D eigenvalue weighted by Gasteiger charge is -2.16. The molecule has 0 radical (unpaired) electrons. The van der Waals surface area contributed by atoms with Crippen LogP contribution in [0.4, 0.5) is 0 Å². The highest BCUT2D eigenvalue weighted by molar-refractivity contribution is 9.10. The Morgan fingerprint density at radius 2 is 2.35 bits per heavy atom. The summed E-state index contributed by atoms with van der Waals surface area (Å²) in [5.41, 5.74) is 0.593. The Morgan fingerprint density at radius 1 is 1.59 bits per heavy atom. The Bertz CT molecular complexity index is 439. The van der Waals surface area contributed by atoms with Crippen molar-refractivity contribution in [1.82, 2.24) is 5.32 Å². The number of amides is 1. The number of rotatable bonds is 2. The fraction of sp³-hybridized carbons (Fsp3) is 0.417. The van der Waals surface area contributed by atoms with Gasteiger partial charge in [0.25, 0.3) is 5.91 Å². The minimum absolute atomic E-state index is 0.0813. The third kappa shape index (κ3) is 3.03. The molecule has 92 valence electrons. The van der Waals surface area contributed by atoms with Crippen LogP contribution in [0.1, 0.15) is 23.7 Å². The third-order valence-electron chi connectivity index (χ3n) is 2.90. The Labute approximate surface area is 114 Å². The molecule has 2 rings (SSSR count). The number of ether oxygens (including phenoxy) is 1. The van der Waals surface area contributed by atoms with Crippen LogP contribution in [-0.4, -0.2) is 24.7 Å². The first-order chi connectivity index (χ1) is 8.08. The largest absolute Gasteiger partial charge is 0.376 e. The van der Waals surface area contributed by atoms with Crippen LogP contribution in [0.25, 0.3) is 0 Å². The van der Waals surface area contributed by atoms with Crippen molar-refractivity contribution in [2.75, 3.05) is 6.61 Å². The van der Waals surface area contributed by atoms with Gasteiger partial charge in [0.15, 0.2) is 0 Å². The maximum Gasteiger partial charge on any atom is 0.252 e. The van der Waals surface area contributed by atoms with Crippen LogP contribution in [0.15, 0.2) is 27.6 Å². The van der Waals surface area contributed by atoms with Crippen molar-refractivity contribution in [2.24, 2.45) is 0 Å². The summed E-state index contributed by atoms with van der Waals surface area (Å²) in [6.45, 7) is 2.68. The molecular formula is C12H14BrNO2S. The quantitative estimate of drug-likeness (QED) is 0.823. The van der Waals surface area contributed by atoms with E-state index in [1.807, 2.05) is 19.1 Å². The van der Waals surface area contributed by atoms with Crippen LogP contribution < -0.4 is 5.32 Å². The molecule has 0 spiro atoms. The summed E-state index contributed by atoms with van der Waals surface area (Å²) in [6.07, 6.45) is 0.948. The number of carbonyl (C=O) groups excluding carboxylic acids is 1. The topological polar surface area (TPSA) is 38.3 Å². The summed E-state index contributed by atoms with van der Waals surface area (Å²) < 4.78 is 6.32. The molecule has 1 aromatic carbocycles. The smallest absolute Gasteiger partial charge is 0.252 e. The lowest BCUT2D eigenvalue weighted by molar-refractivity contribution is 0.0863. The van der Waals surface area contributed by atoms with E-state index in [1.54, 1.807) is 6.07 Å². The van der Waals surface area contributed by atoms with Gasteiger partial charge in [-0.15, -0.1) is 12.6 Å². The number of nitrogens with one attached hydrogen (secondary N) is 1. The zero-order valence-corrected chi connectivity index (χ0v) is 11.9. The number of carbonyl (C=O) groups is 1. The summed E-state index contributed by atoms with van der Waals surface area (Å²) >= 11 is 7.65. The van der Waals surface area contributed by atoms with E-state index in [4.69, 9.17) is 4.74 Å². The van der Waals surface area contributed by atoms with Crippen LogP contribution in [0, 0.1) is 0 Å². The van der Waals surface area contributed by atoms with Gasteiger partial charge < -0.3 is 10.1 Å². The predicted molar refractivity (Wildman–Crippen MR) is 72.7 cm³/mol. The van der Waals surface area contributed by atoms with Gasteiger partial charge in [-0.05, 0) is 31.5 Å². The summed E-state index contributed by atoms with van der Waals surface area (Å²) in [5.74, 6) is -0.0927. The fourth-order valence-electron chi connectivity index (χ4n) is 1.86. The second kappa shape index (κ2) is 5.42. The molecule has 2 atom stereocenters. The van der Waals surface area contributed by atoms with Gasteiger partial charge in [0, 0.05) is 16.0 Å². The SMILES string of the molecule is CC1OCCC1NC(=O)c1ccc(Br)cc1S. The molecule has 1 fully saturated rings. The van der Waals surface area contributed by atoms with Gasteiger partial charge in [0.1, 0.15) is 0 Å². The van der Waals surface area contributed by atoms with Crippen LogP contribution in [0.5, 0.6) is 0 Å². The van der Waals surface area contributed by atoms with E-state index >= 15 is 0 Å². The molecule has 1 saturated heterocycles. The van der Waals surface area contributed by atoms with E-state index in [2.05, 4.69) is 33.9 Å². The lowest BCUT2D eigenvalue weighted by Crippen LogP contribution is -2.39. The molecule has 1 aliphatic heterocycles. The minimum atomic E-state index is -0.0927. The maximum absolute atomic E-state index is 12.0. The summed E-state index contributed by atoms with van der Waals surface area (Å²) in [6, 6.07) is 5.51. The maximum atomic E-state index is 12.0. The van der Waals surface area contributed by atoms with Crippen molar-refractivity contribution in [3.63, 3.8) is 0 Å². The number of hydrogen-bond donors (Lipinski definition) is 2. The number of benzene rings is 1.